The molecule has 340 valence electrons. The van der Waals surface area contributed by atoms with E-state index in [4.69, 9.17) is 18.9 Å². The maximum absolute atomic E-state index is 12.8. The van der Waals surface area contributed by atoms with Gasteiger partial charge in [0.1, 0.15) is 36.8 Å². The van der Waals surface area contributed by atoms with Crippen molar-refractivity contribution >= 4 is 22.1 Å². The van der Waals surface area contributed by atoms with Crippen molar-refractivity contribution in [3.05, 3.63) is 97.2 Å². The largest absolute Gasteiger partial charge is 0.462 e. The molecule has 0 aromatic carbocycles. The van der Waals surface area contributed by atoms with E-state index in [2.05, 4.69) is 98.9 Å². The highest BCUT2D eigenvalue weighted by Gasteiger charge is 2.46. The summed E-state index contributed by atoms with van der Waals surface area (Å²) >= 11 is 0. The molecule has 60 heavy (non-hydrogen) atoms. The van der Waals surface area contributed by atoms with Crippen molar-refractivity contribution in [2.24, 2.45) is 0 Å². The van der Waals surface area contributed by atoms with Crippen LogP contribution in [0, 0.1) is 0 Å². The van der Waals surface area contributed by atoms with Gasteiger partial charge in [-0.05, 0) is 89.9 Å². The first-order chi connectivity index (χ1) is 29.0. The molecule has 0 amide bonds. The summed E-state index contributed by atoms with van der Waals surface area (Å²) in [6, 6.07) is 0. The molecule has 0 saturated carbocycles. The van der Waals surface area contributed by atoms with Crippen molar-refractivity contribution in [2.45, 2.75) is 166 Å². The minimum atomic E-state index is -4.62. The molecule has 1 aliphatic heterocycles. The number of rotatable bonds is 34. The number of ether oxygens (including phenoxy) is 4. The zero-order valence-corrected chi connectivity index (χ0v) is 36.8. The van der Waals surface area contributed by atoms with Crippen LogP contribution in [0.25, 0.3) is 0 Å². The molecule has 1 rings (SSSR count). The molecule has 12 nitrogen and oxygen atoms in total. The predicted molar refractivity (Wildman–Crippen MR) is 237 cm³/mol. The molecule has 0 bridgehead atoms. The fourth-order valence-corrected chi connectivity index (χ4v) is 6.47. The van der Waals surface area contributed by atoms with Crippen LogP contribution in [0.1, 0.15) is 129 Å². The predicted octanol–water partition coefficient (Wildman–Crippen LogP) is 8.66. The third-order valence-corrected chi connectivity index (χ3v) is 9.90. The van der Waals surface area contributed by atoms with E-state index in [-0.39, 0.29) is 19.4 Å². The Balaban J connectivity index is 2.55. The number of hydrogen-bond donors (Lipinski definition) is 4. The van der Waals surface area contributed by atoms with Crippen LogP contribution >= 0.6 is 0 Å². The number of aliphatic hydroxyl groups is 3. The van der Waals surface area contributed by atoms with Crippen molar-refractivity contribution in [3.63, 3.8) is 0 Å². The van der Waals surface area contributed by atoms with Gasteiger partial charge < -0.3 is 34.3 Å². The summed E-state index contributed by atoms with van der Waals surface area (Å²) in [7, 11) is -4.62. The van der Waals surface area contributed by atoms with Crippen LogP contribution in [0.2, 0.25) is 0 Å². The Kier molecular flexibility index (Phi) is 33.0. The second-order valence-corrected chi connectivity index (χ2v) is 16.1. The van der Waals surface area contributed by atoms with E-state index in [1.165, 1.54) is 19.3 Å². The molecule has 2 unspecified atom stereocenters. The van der Waals surface area contributed by atoms with Gasteiger partial charge in [0.2, 0.25) is 0 Å². The van der Waals surface area contributed by atoms with Crippen LogP contribution in [0.3, 0.4) is 0 Å². The third-order valence-electron chi connectivity index (χ3n) is 9.15. The number of unbranched alkanes of at least 4 members (excludes halogenated alkanes) is 6. The summed E-state index contributed by atoms with van der Waals surface area (Å²) < 4.78 is 53.9. The molecule has 1 aliphatic rings. The number of allylic oxidation sites excluding steroid dienone is 16. The minimum Gasteiger partial charge on any atom is -0.462 e. The second-order valence-electron chi connectivity index (χ2n) is 14.6. The Morgan fingerprint density at radius 2 is 1.05 bits per heavy atom. The van der Waals surface area contributed by atoms with Gasteiger partial charge in [0, 0.05) is 12.8 Å². The number of hydrogen-bond acceptors (Lipinski definition) is 11. The Labute approximate surface area is 360 Å². The monoisotopic (exact) mass is 862 g/mol. The van der Waals surface area contributed by atoms with Crippen LogP contribution in [0.5, 0.6) is 0 Å². The third kappa shape index (κ3) is 30.6. The summed E-state index contributed by atoms with van der Waals surface area (Å²) in [5, 5.41) is 30.8. The normalized spacial score (nSPS) is 21.1. The van der Waals surface area contributed by atoms with Crippen LogP contribution in [0.4, 0.5) is 0 Å². The first kappa shape index (κ1) is 54.6. The summed E-state index contributed by atoms with van der Waals surface area (Å²) in [6.07, 6.45) is 38.9. The maximum atomic E-state index is 12.8. The lowest BCUT2D eigenvalue weighted by atomic mass is 10.00. The van der Waals surface area contributed by atoms with Gasteiger partial charge in [-0.1, -0.05) is 124 Å². The molecule has 6 atom stereocenters. The molecule has 1 fully saturated rings. The lowest BCUT2D eigenvalue weighted by Gasteiger charge is -2.40. The molecule has 0 aromatic rings. The van der Waals surface area contributed by atoms with Crippen LogP contribution in [-0.2, 0) is 38.7 Å². The average molecular weight is 863 g/mol. The molecule has 13 heteroatoms. The first-order valence-corrected chi connectivity index (χ1v) is 23.4. The number of carbonyl (C=O) groups excluding carboxylic acids is 2. The van der Waals surface area contributed by atoms with Crippen molar-refractivity contribution < 1.29 is 56.8 Å². The summed E-state index contributed by atoms with van der Waals surface area (Å²) in [4.78, 5) is 25.3. The molecular weight excluding hydrogens is 789 g/mol. The Morgan fingerprint density at radius 3 is 1.55 bits per heavy atom. The fourth-order valence-electron chi connectivity index (χ4n) is 5.78. The fraction of sp³-hybridized carbons (Fsp3) is 0.617. The standard InChI is InChI=1S/C47H74O12S/c1-3-5-7-9-11-13-15-17-19-20-22-23-25-27-29-31-33-35-42(48)56-37-40(38-57-47-46(52)45(51)44(50)41(59-47)39-60(53,54)55)58-43(49)36-34-32-30-28-26-24-21-18-16-14-12-10-8-6-4-2/h5,7,11-14,17-19,21-23,26-29,40-41,44-47,50-52H,3-4,6,8-10,15-16,20,24-25,30-39H2,1-2H3,(H,53,54,55)/b7-5+,13-11+,14-12+,19-17+,21-18+,23-22+,28-26+,29-27+/t40-,41-,44-,45?,46?,47+/m1/s1. The number of esters is 2. The van der Waals surface area contributed by atoms with Crippen molar-refractivity contribution in [1.29, 1.82) is 0 Å². The molecule has 4 N–H and O–H groups in total. The summed E-state index contributed by atoms with van der Waals surface area (Å²) in [5.41, 5.74) is 0. The van der Waals surface area contributed by atoms with E-state index in [1.54, 1.807) is 0 Å². The van der Waals surface area contributed by atoms with Crippen molar-refractivity contribution in [3.8, 4) is 0 Å². The SMILES string of the molecule is CC/C=C/C/C=C/C/C=C/C/C=C/C/C=C/CCCC(=O)OC[C@H](CO[C@H]1O[C@H](CS(=O)(=O)O)[C@@H](O)C(O)C1O)OC(=O)CCCC/C=C/C/C=C/C/C=C/CCCCC. The highest BCUT2D eigenvalue weighted by atomic mass is 32.2. The molecule has 0 aliphatic carbocycles. The van der Waals surface area contributed by atoms with Gasteiger partial charge in [-0.3, -0.25) is 14.1 Å². The zero-order valence-electron chi connectivity index (χ0n) is 36.0. The van der Waals surface area contributed by atoms with E-state index in [0.29, 0.717) is 19.3 Å². The van der Waals surface area contributed by atoms with Gasteiger partial charge in [0.05, 0.1) is 6.61 Å². The molecular formula is C47H74O12S. The van der Waals surface area contributed by atoms with E-state index < -0.39 is 71.2 Å². The van der Waals surface area contributed by atoms with E-state index in [9.17, 15) is 37.9 Å². The van der Waals surface area contributed by atoms with Crippen molar-refractivity contribution in [2.75, 3.05) is 19.0 Å². The first-order valence-electron chi connectivity index (χ1n) is 21.8. The lowest BCUT2D eigenvalue weighted by molar-refractivity contribution is -0.297. The van der Waals surface area contributed by atoms with Gasteiger partial charge in [-0.2, -0.15) is 8.42 Å². The number of carbonyl (C=O) groups is 2. The highest BCUT2D eigenvalue weighted by Crippen LogP contribution is 2.24. The molecule has 1 saturated heterocycles. The van der Waals surface area contributed by atoms with Crippen LogP contribution in [0.15, 0.2) is 97.2 Å². The van der Waals surface area contributed by atoms with Gasteiger partial charge >= 0.3 is 11.9 Å². The van der Waals surface area contributed by atoms with Gasteiger partial charge in [-0.15, -0.1) is 0 Å². The molecule has 1 heterocycles. The van der Waals surface area contributed by atoms with Crippen molar-refractivity contribution in [1.82, 2.24) is 0 Å². The second kappa shape index (κ2) is 36.2. The quantitative estimate of drug-likeness (QED) is 0.0209. The summed E-state index contributed by atoms with van der Waals surface area (Å²) in [5.74, 6) is -2.13. The van der Waals surface area contributed by atoms with E-state index in [0.717, 1.165) is 64.2 Å². The highest BCUT2D eigenvalue weighted by molar-refractivity contribution is 7.85. The van der Waals surface area contributed by atoms with Crippen LogP contribution in [-0.4, -0.2) is 96.0 Å². The lowest BCUT2D eigenvalue weighted by Crippen LogP contribution is -2.60. The van der Waals surface area contributed by atoms with Gasteiger partial charge in [-0.25, -0.2) is 0 Å². The molecule has 0 aromatic heterocycles. The van der Waals surface area contributed by atoms with Gasteiger partial charge in [0.15, 0.2) is 12.4 Å². The van der Waals surface area contributed by atoms with Crippen LogP contribution < -0.4 is 0 Å². The minimum absolute atomic E-state index is 0.0971. The topological polar surface area (TPSA) is 186 Å². The Hall–Kier alpha value is -3.43. The molecule has 0 radical (unpaired) electrons. The average Bonchev–Trinajstić information content (AvgIpc) is 3.21. The Morgan fingerprint density at radius 1 is 0.583 bits per heavy atom. The van der Waals surface area contributed by atoms with E-state index in [1.807, 2.05) is 12.2 Å². The zero-order chi connectivity index (χ0) is 44.1. The molecule has 0 spiro atoms. The summed E-state index contributed by atoms with van der Waals surface area (Å²) in [6.45, 7) is 3.51. The van der Waals surface area contributed by atoms with E-state index >= 15 is 0 Å². The van der Waals surface area contributed by atoms with Gasteiger partial charge in [0.25, 0.3) is 10.1 Å². The maximum Gasteiger partial charge on any atom is 0.306 e. The Bertz CT molecular complexity index is 1480. The smallest absolute Gasteiger partial charge is 0.306 e. The number of aliphatic hydroxyl groups excluding tert-OH is 3.